The van der Waals surface area contributed by atoms with Gasteiger partial charge in [0.1, 0.15) is 11.6 Å². The lowest BCUT2D eigenvalue weighted by atomic mass is 9.97. The number of nitrogens with zero attached hydrogens (tertiary/aromatic N) is 3. The van der Waals surface area contributed by atoms with Crippen LogP contribution in [0, 0.1) is 5.82 Å². The molecule has 10 heteroatoms. The number of piperidine rings is 1. The first-order valence-electron chi connectivity index (χ1n) is 12.6. The number of hydrogen-bond donors (Lipinski definition) is 2. The zero-order valence-electron chi connectivity index (χ0n) is 21.0. The van der Waals surface area contributed by atoms with Crippen LogP contribution >= 0.6 is 11.6 Å². The lowest BCUT2D eigenvalue weighted by Gasteiger charge is -2.38. The van der Waals surface area contributed by atoms with Gasteiger partial charge in [0.15, 0.2) is 0 Å². The molecule has 1 unspecified atom stereocenters. The largest absolute Gasteiger partial charge is 0.493 e. The number of hydrogen-bond acceptors (Lipinski definition) is 5. The number of fused-ring (bicyclic) bond motifs is 1. The van der Waals surface area contributed by atoms with Crippen molar-refractivity contribution in [1.29, 1.82) is 0 Å². The van der Waals surface area contributed by atoms with E-state index in [1.54, 1.807) is 30.6 Å². The molecule has 3 heterocycles. The predicted molar refractivity (Wildman–Crippen MR) is 144 cm³/mol. The van der Waals surface area contributed by atoms with Crippen LogP contribution in [0.5, 0.6) is 5.75 Å². The highest BCUT2D eigenvalue weighted by Gasteiger charge is 2.29. The number of rotatable bonds is 5. The summed E-state index contributed by atoms with van der Waals surface area (Å²) >= 11 is 5.82. The Bertz CT molecular complexity index is 1320. The van der Waals surface area contributed by atoms with Crippen molar-refractivity contribution in [3.8, 4) is 5.75 Å². The maximum atomic E-state index is 13.4. The van der Waals surface area contributed by atoms with Gasteiger partial charge in [0.2, 0.25) is 0 Å². The molecule has 1 fully saturated rings. The molecule has 2 aromatic carbocycles. The Morgan fingerprint density at radius 3 is 2.58 bits per heavy atom. The van der Waals surface area contributed by atoms with E-state index in [4.69, 9.17) is 16.3 Å². The standard InChI is InChI=1S/C28H29ClFN5O3/c1-34(20-8-13-35(14-9-20)21-6-11-31-12-7-21)27(36)18-2-5-26-22(16-18)25(10-15-38-26)33-28(37)32-19-3-4-24(30)23(29)17-19/h2-7,11-12,16-17,20,25H,8-10,13-15H2,1H3,(H2,32,33,37). The number of pyridine rings is 1. The third-order valence-electron chi connectivity index (χ3n) is 7.14. The molecule has 1 saturated heterocycles. The molecular formula is C28H29ClFN5O3. The van der Waals surface area contributed by atoms with Crippen molar-refractivity contribution in [2.24, 2.45) is 0 Å². The molecule has 0 saturated carbocycles. The van der Waals surface area contributed by atoms with Crippen molar-refractivity contribution in [2.45, 2.75) is 31.3 Å². The summed E-state index contributed by atoms with van der Waals surface area (Å²) in [7, 11) is 1.85. The Hall–Kier alpha value is -3.85. The van der Waals surface area contributed by atoms with Crippen molar-refractivity contribution >= 4 is 34.9 Å². The van der Waals surface area contributed by atoms with Crippen molar-refractivity contribution in [3.63, 3.8) is 0 Å². The molecule has 0 bridgehead atoms. The number of benzene rings is 2. The van der Waals surface area contributed by atoms with Crippen LogP contribution in [0.4, 0.5) is 20.6 Å². The summed E-state index contributed by atoms with van der Waals surface area (Å²) in [6, 6.07) is 12.7. The number of carbonyl (C=O) groups excluding carboxylic acids is 2. The average Bonchev–Trinajstić information content (AvgIpc) is 2.95. The average molecular weight is 538 g/mol. The first-order valence-corrected chi connectivity index (χ1v) is 13.0. The van der Waals surface area contributed by atoms with Crippen LogP contribution in [0.2, 0.25) is 5.02 Å². The van der Waals surface area contributed by atoms with Gasteiger partial charge in [-0.15, -0.1) is 0 Å². The lowest BCUT2D eigenvalue weighted by molar-refractivity contribution is 0.0709. The second-order valence-electron chi connectivity index (χ2n) is 9.51. The molecule has 198 valence electrons. The van der Waals surface area contributed by atoms with E-state index in [1.807, 2.05) is 24.1 Å². The van der Waals surface area contributed by atoms with E-state index >= 15 is 0 Å². The zero-order chi connectivity index (χ0) is 26.6. The highest BCUT2D eigenvalue weighted by atomic mass is 35.5. The van der Waals surface area contributed by atoms with Gasteiger partial charge in [0, 0.05) is 67.5 Å². The van der Waals surface area contributed by atoms with Gasteiger partial charge in [0.25, 0.3) is 5.91 Å². The molecule has 2 aliphatic rings. The fourth-order valence-corrected chi connectivity index (χ4v) is 5.19. The summed E-state index contributed by atoms with van der Waals surface area (Å²) in [6.45, 7) is 2.17. The molecule has 38 heavy (non-hydrogen) atoms. The molecule has 1 aromatic heterocycles. The van der Waals surface area contributed by atoms with Crippen molar-refractivity contribution < 1.29 is 18.7 Å². The zero-order valence-corrected chi connectivity index (χ0v) is 21.7. The van der Waals surface area contributed by atoms with E-state index in [0.29, 0.717) is 30.0 Å². The van der Waals surface area contributed by atoms with Crippen LogP contribution in [-0.4, -0.2) is 54.6 Å². The van der Waals surface area contributed by atoms with E-state index in [-0.39, 0.29) is 23.0 Å². The summed E-state index contributed by atoms with van der Waals surface area (Å²) in [5.74, 6) is 0.0126. The van der Waals surface area contributed by atoms with Crippen molar-refractivity contribution in [3.05, 3.63) is 82.9 Å². The van der Waals surface area contributed by atoms with E-state index in [2.05, 4.69) is 20.5 Å². The first kappa shape index (κ1) is 25.8. The Morgan fingerprint density at radius 2 is 1.84 bits per heavy atom. The Kier molecular flexibility index (Phi) is 7.64. The number of amides is 3. The third-order valence-corrected chi connectivity index (χ3v) is 7.43. The van der Waals surface area contributed by atoms with Crippen LogP contribution in [0.3, 0.4) is 0 Å². The van der Waals surface area contributed by atoms with Gasteiger partial charge in [-0.1, -0.05) is 11.6 Å². The molecule has 0 spiro atoms. The first-order chi connectivity index (χ1) is 18.4. The summed E-state index contributed by atoms with van der Waals surface area (Å²) in [4.78, 5) is 34.3. The van der Waals surface area contributed by atoms with Crippen molar-refractivity contribution in [1.82, 2.24) is 15.2 Å². The van der Waals surface area contributed by atoms with Gasteiger partial charge < -0.3 is 25.2 Å². The van der Waals surface area contributed by atoms with E-state index in [1.165, 1.54) is 18.2 Å². The normalized spacial score (nSPS) is 17.2. The minimum absolute atomic E-state index is 0.0649. The molecule has 5 rings (SSSR count). The maximum absolute atomic E-state index is 13.4. The fourth-order valence-electron chi connectivity index (χ4n) is 5.01. The monoisotopic (exact) mass is 537 g/mol. The van der Waals surface area contributed by atoms with Crippen LogP contribution in [0.1, 0.15) is 41.2 Å². The van der Waals surface area contributed by atoms with Crippen LogP contribution in [-0.2, 0) is 0 Å². The molecule has 0 radical (unpaired) electrons. The van der Waals surface area contributed by atoms with E-state index in [0.717, 1.165) is 37.2 Å². The van der Waals surface area contributed by atoms with Gasteiger partial charge in [0.05, 0.1) is 17.7 Å². The summed E-state index contributed by atoms with van der Waals surface area (Å²) in [5.41, 5.74) is 2.81. The fraction of sp³-hybridized carbons (Fsp3) is 0.321. The van der Waals surface area contributed by atoms with Gasteiger partial charge in [-0.25, -0.2) is 9.18 Å². The van der Waals surface area contributed by atoms with Crippen LogP contribution < -0.4 is 20.3 Å². The Balaban J connectivity index is 1.24. The minimum atomic E-state index is -0.558. The number of aromatic nitrogens is 1. The van der Waals surface area contributed by atoms with E-state index < -0.39 is 11.8 Å². The number of ether oxygens (including phenoxy) is 1. The van der Waals surface area contributed by atoms with Crippen LogP contribution in [0.25, 0.3) is 0 Å². The van der Waals surface area contributed by atoms with Gasteiger partial charge in [-0.2, -0.15) is 0 Å². The van der Waals surface area contributed by atoms with E-state index in [9.17, 15) is 14.0 Å². The second-order valence-corrected chi connectivity index (χ2v) is 9.92. The summed E-state index contributed by atoms with van der Waals surface area (Å²) < 4.78 is 19.2. The Labute approximate surface area is 225 Å². The van der Waals surface area contributed by atoms with Crippen molar-refractivity contribution in [2.75, 3.05) is 37.0 Å². The lowest BCUT2D eigenvalue weighted by Crippen LogP contribution is -2.45. The minimum Gasteiger partial charge on any atom is -0.493 e. The molecule has 0 aliphatic carbocycles. The molecule has 2 aliphatic heterocycles. The summed E-state index contributed by atoms with van der Waals surface area (Å²) in [5, 5.41) is 5.54. The predicted octanol–water partition coefficient (Wildman–Crippen LogP) is 5.26. The highest BCUT2D eigenvalue weighted by Crippen LogP contribution is 2.34. The SMILES string of the molecule is CN(C(=O)c1ccc2c(c1)C(NC(=O)Nc1ccc(F)c(Cl)c1)CCO2)C1CCN(c2ccncc2)CC1. The highest BCUT2D eigenvalue weighted by molar-refractivity contribution is 6.31. The molecular weight excluding hydrogens is 509 g/mol. The molecule has 3 amide bonds. The number of halogens is 2. The quantitative estimate of drug-likeness (QED) is 0.463. The third kappa shape index (κ3) is 5.67. The summed E-state index contributed by atoms with van der Waals surface area (Å²) in [6.07, 6.45) is 5.88. The van der Waals surface area contributed by atoms with Gasteiger partial charge >= 0.3 is 6.03 Å². The second kappa shape index (κ2) is 11.3. The van der Waals surface area contributed by atoms with Crippen LogP contribution in [0.15, 0.2) is 60.9 Å². The molecule has 8 nitrogen and oxygen atoms in total. The molecule has 2 N–H and O–H groups in total. The number of carbonyl (C=O) groups is 2. The van der Waals surface area contributed by atoms with Gasteiger partial charge in [-0.3, -0.25) is 9.78 Å². The number of nitrogens with one attached hydrogen (secondary N) is 2. The maximum Gasteiger partial charge on any atom is 0.319 e. The number of anilines is 2. The Morgan fingerprint density at radius 1 is 1.08 bits per heavy atom. The molecule has 1 atom stereocenters. The molecule has 3 aromatic rings. The number of urea groups is 1. The van der Waals surface area contributed by atoms with Gasteiger partial charge in [-0.05, 0) is 61.4 Å². The topological polar surface area (TPSA) is 86.8 Å². The smallest absolute Gasteiger partial charge is 0.319 e.